The van der Waals surface area contributed by atoms with Crippen molar-refractivity contribution in [2.45, 2.75) is 57.7 Å². The Morgan fingerprint density at radius 3 is 2.67 bits per heavy atom. The number of nitrogens with zero attached hydrogens (tertiary/aromatic N) is 5. The number of nitrogens with one attached hydrogen (secondary N) is 1. The fourth-order valence-electron chi connectivity index (χ4n) is 4.34. The molecule has 1 unspecified atom stereocenters. The number of alkyl carbamates (subject to hydrolysis) is 1. The van der Waals surface area contributed by atoms with Crippen molar-refractivity contribution < 1.29 is 31.2 Å². The van der Waals surface area contributed by atoms with Gasteiger partial charge in [-0.05, 0) is 33.6 Å². The summed E-state index contributed by atoms with van der Waals surface area (Å²) in [7, 11) is -4.55. The van der Waals surface area contributed by atoms with Crippen LogP contribution in [0, 0.1) is 5.92 Å². The van der Waals surface area contributed by atoms with Crippen molar-refractivity contribution in [2.75, 3.05) is 26.3 Å². The minimum absolute atomic E-state index is 0.117. The molecule has 13 nitrogen and oxygen atoms in total. The number of amides is 1. The maximum atomic E-state index is 11.9. The maximum absolute atomic E-state index is 11.9. The summed E-state index contributed by atoms with van der Waals surface area (Å²) in [5.74, 6) is 1.81. The van der Waals surface area contributed by atoms with Crippen molar-refractivity contribution in [3.05, 3.63) is 24.2 Å². The molecule has 3 aliphatic rings. The minimum atomic E-state index is -4.55. The molecule has 1 aromatic rings. The molecule has 0 aromatic carbocycles. The van der Waals surface area contributed by atoms with Crippen LogP contribution in [0.15, 0.2) is 16.8 Å². The smallest absolute Gasteiger partial charge is 0.413 e. The number of likely N-dealkylation sites (tertiary alicyclic amines) is 1. The van der Waals surface area contributed by atoms with E-state index in [4.69, 9.17) is 13.7 Å². The number of piperidine rings is 1. The number of hydrogen-bond donors (Lipinski definition) is 2. The molecule has 33 heavy (non-hydrogen) atoms. The molecule has 0 spiro atoms. The average molecular weight is 487 g/mol. The van der Waals surface area contributed by atoms with Crippen LogP contribution in [-0.4, -0.2) is 82.1 Å². The molecule has 4 heterocycles. The lowest BCUT2D eigenvalue weighted by Crippen LogP contribution is -2.50. The van der Waals surface area contributed by atoms with Gasteiger partial charge in [-0.3, -0.25) is 14.8 Å². The summed E-state index contributed by atoms with van der Waals surface area (Å²) in [5.41, 5.74) is -0.576. The fourth-order valence-corrected chi connectivity index (χ4v) is 4.75. The lowest BCUT2D eigenvalue weighted by molar-refractivity contribution is -0.0771. The number of fused-ring (bicyclic) bond motifs is 2. The molecule has 0 radical (unpaired) electrons. The van der Waals surface area contributed by atoms with Crippen LogP contribution in [0.25, 0.3) is 0 Å². The lowest BCUT2D eigenvalue weighted by Gasteiger charge is -2.41. The maximum Gasteiger partial charge on any atom is 0.413 e. The van der Waals surface area contributed by atoms with Gasteiger partial charge in [0.15, 0.2) is 0 Å². The molecule has 4 rings (SSSR count). The molecule has 3 aliphatic heterocycles. The van der Waals surface area contributed by atoms with E-state index in [0.717, 1.165) is 0 Å². The summed E-state index contributed by atoms with van der Waals surface area (Å²) in [5, 5.41) is 12.3. The van der Waals surface area contributed by atoms with E-state index in [1.165, 1.54) is 5.06 Å². The number of carbonyl (C=O) groups excluding carboxylic acids is 1. The second kappa shape index (κ2) is 8.83. The second-order valence-corrected chi connectivity index (χ2v) is 10.7. The topological polar surface area (TPSA) is 151 Å². The van der Waals surface area contributed by atoms with Crippen molar-refractivity contribution in [3.63, 3.8) is 0 Å². The van der Waals surface area contributed by atoms with Crippen LogP contribution in [0.4, 0.5) is 4.79 Å². The molecule has 1 aromatic heterocycles. The number of ether oxygens (including phenoxy) is 1. The number of hydroxylamine groups is 2. The zero-order chi connectivity index (χ0) is 24.0. The first kappa shape index (κ1) is 23.9. The highest BCUT2D eigenvalue weighted by molar-refractivity contribution is 7.80. The van der Waals surface area contributed by atoms with Gasteiger partial charge in [-0.15, -0.1) is 10.2 Å². The SMILES string of the molecule is C=C(NC(=O)OC(C)(C)C)N1CC(Cc2nnc([C@@H]3CC[C@@H]4CN3CN4OS(=O)(=O)O)o2)C1. The van der Waals surface area contributed by atoms with Crippen molar-refractivity contribution in [1.82, 2.24) is 30.4 Å². The molecule has 14 heteroatoms. The summed E-state index contributed by atoms with van der Waals surface area (Å²) in [6.45, 7) is 11.5. The third-order valence-electron chi connectivity index (χ3n) is 5.79. The average Bonchev–Trinajstić information content (AvgIpc) is 3.20. The van der Waals surface area contributed by atoms with Gasteiger partial charge in [-0.25, -0.2) is 4.79 Å². The predicted octanol–water partition coefficient (Wildman–Crippen LogP) is 1.05. The minimum Gasteiger partial charge on any atom is -0.444 e. The van der Waals surface area contributed by atoms with E-state index >= 15 is 0 Å². The third-order valence-corrected chi connectivity index (χ3v) is 6.17. The largest absolute Gasteiger partial charge is 0.444 e. The van der Waals surface area contributed by atoms with Crippen LogP contribution in [0.2, 0.25) is 0 Å². The quantitative estimate of drug-likeness (QED) is 0.530. The Bertz CT molecular complexity index is 1000. The summed E-state index contributed by atoms with van der Waals surface area (Å²) in [6, 6.07) is -0.248. The normalized spacial score (nSPS) is 26.2. The van der Waals surface area contributed by atoms with Crippen molar-refractivity contribution in [3.8, 4) is 0 Å². The van der Waals surface area contributed by atoms with Crippen LogP contribution < -0.4 is 5.32 Å². The van der Waals surface area contributed by atoms with E-state index in [1.54, 1.807) is 20.8 Å². The Labute approximate surface area is 192 Å². The number of rotatable bonds is 7. The Morgan fingerprint density at radius 1 is 1.27 bits per heavy atom. The van der Waals surface area contributed by atoms with Crippen molar-refractivity contribution in [1.29, 1.82) is 0 Å². The van der Waals surface area contributed by atoms with Crippen molar-refractivity contribution >= 4 is 16.5 Å². The molecule has 3 saturated heterocycles. The zero-order valence-electron chi connectivity index (χ0n) is 18.9. The second-order valence-electron chi connectivity index (χ2n) is 9.66. The van der Waals surface area contributed by atoms with E-state index in [-0.39, 0.29) is 24.7 Å². The molecule has 1 amide bonds. The summed E-state index contributed by atoms with van der Waals surface area (Å²) in [4.78, 5) is 15.8. The highest BCUT2D eigenvalue weighted by Crippen LogP contribution is 2.37. The highest BCUT2D eigenvalue weighted by atomic mass is 32.3. The Morgan fingerprint density at radius 2 is 2.00 bits per heavy atom. The molecule has 3 atom stereocenters. The van der Waals surface area contributed by atoms with E-state index < -0.39 is 22.1 Å². The molecular weight excluding hydrogens is 456 g/mol. The van der Waals surface area contributed by atoms with Gasteiger partial charge in [0.25, 0.3) is 0 Å². The van der Waals surface area contributed by atoms with E-state index in [0.29, 0.717) is 56.5 Å². The zero-order valence-corrected chi connectivity index (χ0v) is 19.7. The van der Waals surface area contributed by atoms with Gasteiger partial charge >= 0.3 is 16.5 Å². The Balaban J connectivity index is 1.24. The molecular formula is C19H30N6O7S. The van der Waals surface area contributed by atoms with Gasteiger partial charge < -0.3 is 14.1 Å². The number of hydrogen-bond acceptors (Lipinski definition) is 11. The summed E-state index contributed by atoms with van der Waals surface area (Å²) >= 11 is 0. The van der Waals surface area contributed by atoms with E-state index in [1.807, 2.05) is 9.80 Å². The summed E-state index contributed by atoms with van der Waals surface area (Å²) < 4.78 is 46.8. The number of aromatic nitrogens is 2. The molecule has 3 fully saturated rings. The van der Waals surface area contributed by atoms with Gasteiger partial charge in [0.2, 0.25) is 11.8 Å². The number of carbonyl (C=O) groups is 1. The Hall–Kier alpha value is -2.26. The van der Waals surface area contributed by atoms with Crippen LogP contribution in [0.3, 0.4) is 0 Å². The summed E-state index contributed by atoms with van der Waals surface area (Å²) in [6.07, 6.45) is 1.47. The van der Waals surface area contributed by atoms with Crippen LogP contribution in [0.1, 0.15) is 51.4 Å². The molecule has 2 N–H and O–H groups in total. The van der Waals surface area contributed by atoms with Gasteiger partial charge in [0, 0.05) is 32.0 Å². The highest BCUT2D eigenvalue weighted by Gasteiger charge is 2.44. The third kappa shape index (κ3) is 6.00. The standard InChI is InChI=1S/C19H30N6O7S/c1-12(20-18(26)31-19(2,3)4)23-8-13(9-23)7-16-21-22-17(30-16)15-6-5-14-10-24(15)11-25(14)32-33(27,28)29/h13-15H,1,5-11H2,2-4H3,(H,20,26)(H,27,28,29)/t14-,15+/m1/s1. The van der Waals surface area contributed by atoms with E-state index in [2.05, 4.69) is 26.4 Å². The van der Waals surface area contributed by atoms with Crippen LogP contribution >= 0.6 is 0 Å². The fraction of sp³-hybridized carbons (Fsp3) is 0.737. The first-order chi connectivity index (χ1) is 15.4. The van der Waals surface area contributed by atoms with Gasteiger partial charge in [-0.1, -0.05) is 6.58 Å². The monoisotopic (exact) mass is 486 g/mol. The van der Waals surface area contributed by atoms with Crippen LogP contribution in [0.5, 0.6) is 0 Å². The molecule has 0 aliphatic carbocycles. The van der Waals surface area contributed by atoms with Gasteiger partial charge in [-0.2, -0.15) is 17.8 Å². The van der Waals surface area contributed by atoms with Crippen LogP contribution in [-0.2, 0) is 25.8 Å². The van der Waals surface area contributed by atoms with Gasteiger partial charge in [0.1, 0.15) is 11.4 Å². The predicted molar refractivity (Wildman–Crippen MR) is 113 cm³/mol. The molecule has 2 bridgehead atoms. The molecule has 184 valence electrons. The van der Waals surface area contributed by atoms with Gasteiger partial charge in [0.05, 0.1) is 18.8 Å². The lowest BCUT2D eigenvalue weighted by atomic mass is 9.96. The first-order valence-corrected chi connectivity index (χ1v) is 12.2. The van der Waals surface area contributed by atoms with Crippen molar-refractivity contribution in [2.24, 2.45) is 5.92 Å². The van der Waals surface area contributed by atoms with E-state index in [9.17, 15) is 13.2 Å². The Kier molecular flexibility index (Phi) is 6.39. The first-order valence-electron chi connectivity index (χ1n) is 10.8. The molecule has 0 saturated carbocycles.